The van der Waals surface area contributed by atoms with Gasteiger partial charge in [0.1, 0.15) is 6.07 Å². The summed E-state index contributed by atoms with van der Waals surface area (Å²) in [6.45, 7) is 3.85. The zero-order valence-corrected chi connectivity index (χ0v) is 12.2. The molecular weight excluding hydrogens is 262 g/mol. The Hall–Kier alpha value is -2.12. The fourth-order valence-electron chi connectivity index (χ4n) is 2.94. The van der Waals surface area contributed by atoms with Gasteiger partial charge in [0.15, 0.2) is 0 Å². The molecule has 0 aliphatic carbocycles. The molecule has 1 aliphatic rings. The Morgan fingerprint density at radius 2 is 2.10 bits per heavy atom. The lowest BCUT2D eigenvalue weighted by Gasteiger charge is -2.29. The third kappa shape index (κ3) is 2.84. The van der Waals surface area contributed by atoms with Crippen molar-refractivity contribution in [3.05, 3.63) is 36.0 Å². The van der Waals surface area contributed by atoms with E-state index in [-0.39, 0.29) is 0 Å². The lowest BCUT2D eigenvalue weighted by atomic mass is 9.92. The van der Waals surface area contributed by atoms with Crippen LogP contribution in [-0.4, -0.2) is 24.2 Å². The highest BCUT2D eigenvalue weighted by Crippen LogP contribution is 2.29. The number of anilines is 1. The average Bonchev–Trinajstić information content (AvgIpc) is 2.56. The predicted molar refractivity (Wildman–Crippen MR) is 83.1 cm³/mol. The smallest absolute Gasteiger partial charge is 0.103 e. The van der Waals surface area contributed by atoms with Gasteiger partial charge in [-0.05, 0) is 31.7 Å². The molecule has 1 unspecified atom stereocenters. The molecule has 0 spiro atoms. The van der Waals surface area contributed by atoms with Crippen molar-refractivity contribution in [2.24, 2.45) is 5.92 Å². The zero-order valence-electron chi connectivity index (χ0n) is 12.2. The lowest BCUT2D eigenvalue weighted by molar-refractivity contribution is 0.0622. The van der Waals surface area contributed by atoms with Crippen molar-refractivity contribution in [1.82, 2.24) is 4.98 Å². The van der Waals surface area contributed by atoms with E-state index in [0.29, 0.717) is 17.5 Å². The second-order valence-corrected chi connectivity index (χ2v) is 5.56. The first kappa shape index (κ1) is 13.8. The molecule has 0 bridgehead atoms. The largest absolute Gasteiger partial charge is 0.381 e. The molecule has 1 N–H and O–H groups in total. The van der Waals surface area contributed by atoms with Gasteiger partial charge in [-0.1, -0.05) is 18.2 Å². The molecule has 0 amide bonds. The highest BCUT2D eigenvalue weighted by molar-refractivity contribution is 5.93. The highest BCUT2D eigenvalue weighted by atomic mass is 16.5. The molecule has 4 nitrogen and oxygen atoms in total. The van der Waals surface area contributed by atoms with E-state index in [1.807, 2.05) is 24.3 Å². The van der Waals surface area contributed by atoms with Gasteiger partial charge in [0, 0.05) is 30.8 Å². The summed E-state index contributed by atoms with van der Waals surface area (Å²) in [6, 6.07) is 10.5. The number of nitriles is 1. The molecule has 108 valence electrons. The summed E-state index contributed by atoms with van der Waals surface area (Å²) in [5, 5.41) is 13.9. The van der Waals surface area contributed by atoms with E-state index in [0.717, 1.165) is 42.6 Å². The Kier molecular flexibility index (Phi) is 4.03. The number of para-hydroxylation sites is 1. The van der Waals surface area contributed by atoms with Crippen molar-refractivity contribution in [2.45, 2.75) is 25.8 Å². The van der Waals surface area contributed by atoms with Gasteiger partial charge in [-0.2, -0.15) is 5.26 Å². The maximum atomic E-state index is 9.35. The molecule has 1 aromatic carbocycles. The fourth-order valence-corrected chi connectivity index (χ4v) is 2.94. The van der Waals surface area contributed by atoms with E-state index in [1.165, 1.54) is 0 Å². The van der Waals surface area contributed by atoms with Crippen molar-refractivity contribution in [2.75, 3.05) is 18.5 Å². The third-order valence-corrected chi connectivity index (χ3v) is 4.24. The molecule has 3 rings (SSSR count). The summed E-state index contributed by atoms with van der Waals surface area (Å²) < 4.78 is 5.43. The summed E-state index contributed by atoms with van der Waals surface area (Å²) in [6.07, 6.45) is 3.79. The normalized spacial score (nSPS) is 17.3. The van der Waals surface area contributed by atoms with Gasteiger partial charge in [-0.3, -0.25) is 4.98 Å². The van der Waals surface area contributed by atoms with Crippen LogP contribution in [0.25, 0.3) is 10.9 Å². The summed E-state index contributed by atoms with van der Waals surface area (Å²) in [4.78, 5) is 4.35. The summed E-state index contributed by atoms with van der Waals surface area (Å²) in [7, 11) is 0. The number of hydrogen-bond donors (Lipinski definition) is 1. The molecule has 1 fully saturated rings. The minimum atomic E-state index is 0.312. The van der Waals surface area contributed by atoms with Crippen molar-refractivity contribution in [3.63, 3.8) is 0 Å². The standard InChI is InChI=1S/C17H19N3O/c1-12(13-6-8-21-9-7-13)20-17-14(10-18)11-19-16-5-3-2-4-15(16)17/h2-5,11-13H,6-9H2,1H3,(H,19,20). The minimum absolute atomic E-state index is 0.312. The topological polar surface area (TPSA) is 57.9 Å². The summed E-state index contributed by atoms with van der Waals surface area (Å²) in [5.41, 5.74) is 2.42. The van der Waals surface area contributed by atoms with Gasteiger partial charge < -0.3 is 10.1 Å². The van der Waals surface area contributed by atoms with Crippen LogP contribution >= 0.6 is 0 Å². The van der Waals surface area contributed by atoms with E-state index in [1.54, 1.807) is 6.20 Å². The number of fused-ring (bicyclic) bond motifs is 1. The quantitative estimate of drug-likeness (QED) is 0.937. The molecule has 0 radical (unpaired) electrons. The van der Waals surface area contributed by atoms with Crippen LogP contribution in [0.4, 0.5) is 5.69 Å². The zero-order chi connectivity index (χ0) is 14.7. The van der Waals surface area contributed by atoms with Crippen LogP contribution in [0.15, 0.2) is 30.5 Å². The first-order valence-corrected chi connectivity index (χ1v) is 7.41. The Bertz CT molecular complexity index is 671. The molecular formula is C17H19N3O. The van der Waals surface area contributed by atoms with Crippen LogP contribution in [0, 0.1) is 17.2 Å². The van der Waals surface area contributed by atoms with Crippen LogP contribution < -0.4 is 5.32 Å². The molecule has 21 heavy (non-hydrogen) atoms. The van der Waals surface area contributed by atoms with Crippen LogP contribution in [0.5, 0.6) is 0 Å². The van der Waals surface area contributed by atoms with E-state index in [9.17, 15) is 5.26 Å². The second kappa shape index (κ2) is 6.11. The average molecular weight is 281 g/mol. The van der Waals surface area contributed by atoms with Crippen molar-refractivity contribution in [1.29, 1.82) is 5.26 Å². The van der Waals surface area contributed by atoms with Gasteiger partial charge in [0.05, 0.1) is 16.8 Å². The van der Waals surface area contributed by atoms with Crippen LogP contribution in [-0.2, 0) is 4.74 Å². The van der Waals surface area contributed by atoms with Crippen LogP contribution in [0.1, 0.15) is 25.3 Å². The lowest BCUT2D eigenvalue weighted by Crippen LogP contribution is -2.31. The highest BCUT2D eigenvalue weighted by Gasteiger charge is 2.21. The number of nitrogens with one attached hydrogen (secondary N) is 1. The SMILES string of the molecule is CC(Nc1c(C#N)cnc2ccccc12)C1CCOCC1. The maximum Gasteiger partial charge on any atom is 0.103 e. The number of rotatable bonds is 3. The molecule has 2 heterocycles. The van der Waals surface area contributed by atoms with Gasteiger partial charge in [0.2, 0.25) is 0 Å². The van der Waals surface area contributed by atoms with Crippen molar-refractivity contribution >= 4 is 16.6 Å². The molecule has 2 aromatic rings. The fraction of sp³-hybridized carbons (Fsp3) is 0.412. The molecule has 1 aliphatic heterocycles. The Morgan fingerprint density at radius 1 is 1.33 bits per heavy atom. The maximum absolute atomic E-state index is 9.35. The Balaban J connectivity index is 1.93. The molecule has 1 aromatic heterocycles. The minimum Gasteiger partial charge on any atom is -0.381 e. The summed E-state index contributed by atoms with van der Waals surface area (Å²) >= 11 is 0. The summed E-state index contributed by atoms with van der Waals surface area (Å²) in [5.74, 6) is 0.581. The van der Waals surface area contributed by atoms with Gasteiger partial charge in [0.25, 0.3) is 0 Å². The second-order valence-electron chi connectivity index (χ2n) is 5.56. The third-order valence-electron chi connectivity index (χ3n) is 4.24. The van der Waals surface area contributed by atoms with Crippen molar-refractivity contribution < 1.29 is 4.74 Å². The number of aromatic nitrogens is 1. The number of hydrogen-bond acceptors (Lipinski definition) is 4. The first-order valence-electron chi connectivity index (χ1n) is 7.41. The number of ether oxygens (including phenoxy) is 1. The predicted octanol–water partition coefficient (Wildman–Crippen LogP) is 3.33. The van der Waals surface area contributed by atoms with Gasteiger partial charge in [-0.25, -0.2) is 0 Å². The molecule has 0 saturated carbocycles. The van der Waals surface area contributed by atoms with E-state index in [2.05, 4.69) is 23.3 Å². The molecule has 1 saturated heterocycles. The van der Waals surface area contributed by atoms with E-state index < -0.39 is 0 Å². The van der Waals surface area contributed by atoms with E-state index in [4.69, 9.17) is 4.74 Å². The van der Waals surface area contributed by atoms with Crippen LogP contribution in [0.2, 0.25) is 0 Å². The van der Waals surface area contributed by atoms with Gasteiger partial charge >= 0.3 is 0 Å². The Labute approximate surface area is 124 Å². The van der Waals surface area contributed by atoms with Crippen LogP contribution in [0.3, 0.4) is 0 Å². The number of pyridine rings is 1. The van der Waals surface area contributed by atoms with Gasteiger partial charge in [-0.15, -0.1) is 0 Å². The Morgan fingerprint density at radius 3 is 2.86 bits per heavy atom. The van der Waals surface area contributed by atoms with Crippen molar-refractivity contribution in [3.8, 4) is 6.07 Å². The monoisotopic (exact) mass is 281 g/mol. The number of nitrogens with zero attached hydrogens (tertiary/aromatic N) is 2. The number of benzene rings is 1. The van der Waals surface area contributed by atoms with E-state index >= 15 is 0 Å². The molecule has 1 atom stereocenters. The first-order chi connectivity index (χ1) is 10.3. The molecule has 4 heteroatoms.